The summed E-state index contributed by atoms with van der Waals surface area (Å²) in [4.78, 5) is 31.3. The molecule has 0 fully saturated rings. The van der Waals surface area contributed by atoms with E-state index in [2.05, 4.69) is 10.3 Å². The summed E-state index contributed by atoms with van der Waals surface area (Å²) in [5.41, 5.74) is 1.68. The van der Waals surface area contributed by atoms with Crippen LogP contribution < -0.4 is 10.2 Å². The molecule has 1 aliphatic heterocycles. The maximum Gasteiger partial charge on any atom is 0.260 e. The molecule has 2 amide bonds. The van der Waals surface area contributed by atoms with E-state index in [9.17, 15) is 18.4 Å². The first-order chi connectivity index (χ1) is 14.0. The molecule has 0 bridgehead atoms. The average Bonchev–Trinajstić information content (AvgIpc) is 3.01. The summed E-state index contributed by atoms with van der Waals surface area (Å²) >= 11 is 0. The SMILES string of the molecule is O=C(C[C@H]1c2ncccc2C(=O)N1c1ccccc1)NCc1cc(F)ccc1F. The van der Waals surface area contributed by atoms with Crippen molar-refractivity contribution in [1.29, 1.82) is 0 Å². The maximum atomic E-state index is 13.8. The van der Waals surface area contributed by atoms with Crippen molar-refractivity contribution in [3.63, 3.8) is 0 Å². The molecule has 0 saturated heterocycles. The summed E-state index contributed by atoms with van der Waals surface area (Å²) < 4.78 is 27.1. The third-order valence-corrected chi connectivity index (χ3v) is 4.81. The maximum absolute atomic E-state index is 13.8. The van der Waals surface area contributed by atoms with Crippen molar-refractivity contribution in [2.75, 3.05) is 4.90 Å². The lowest BCUT2D eigenvalue weighted by atomic mass is 10.1. The fourth-order valence-corrected chi connectivity index (χ4v) is 3.45. The van der Waals surface area contributed by atoms with Gasteiger partial charge in [-0.15, -0.1) is 0 Å². The smallest absolute Gasteiger partial charge is 0.260 e. The number of nitrogens with one attached hydrogen (secondary N) is 1. The van der Waals surface area contributed by atoms with Crippen LogP contribution in [0.1, 0.15) is 34.1 Å². The molecule has 2 heterocycles. The Labute approximate surface area is 166 Å². The molecule has 1 atom stereocenters. The summed E-state index contributed by atoms with van der Waals surface area (Å²) in [7, 11) is 0. The van der Waals surface area contributed by atoms with E-state index in [1.807, 2.05) is 18.2 Å². The van der Waals surface area contributed by atoms with Crippen LogP contribution in [0, 0.1) is 11.6 Å². The van der Waals surface area contributed by atoms with E-state index in [-0.39, 0.29) is 24.4 Å². The number of rotatable bonds is 5. The van der Waals surface area contributed by atoms with Crippen molar-refractivity contribution in [2.24, 2.45) is 0 Å². The highest BCUT2D eigenvalue weighted by Gasteiger charge is 2.39. The molecule has 146 valence electrons. The Bertz CT molecular complexity index is 1070. The van der Waals surface area contributed by atoms with E-state index in [0.29, 0.717) is 16.9 Å². The number of benzene rings is 2. The van der Waals surface area contributed by atoms with Gasteiger partial charge in [-0.1, -0.05) is 18.2 Å². The number of hydrogen-bond donors (Lipinski definition) is 1. The van der Waals surface area contributed by atoms with Crippen LogP contribution >= 0.6 is 0 Å². The molecule has 1 N–H and O–H groups in total. The molecule has 0 saturated carbocycles. The van der Waals surface area contributed by atoms with E-state index >= 15 is 0 Å². The number of carbonyl (C=O) groups is 2. The van der Waals surface area contributed by atoms with Crippen LogP contribution in [-0.2, 0) is 11.3 Å². The molecule has 4 rings (SSSR count). The van der Waals surface area contributed by atoms with Gasteiger partial charge < -0.3 is 5.32 Å². The standard InChI is InChI=1S/C22H17F2N3O2/c23-15-8-9-18(24)14(11-15)13-26-20(28)12-19-21-17(7-4-10-25-21)22(29)27(19)16-5-2-1-3-6-16/h1-11,19H,12-13H2,(H,26,28)/t19-/m0/s1. The van der Waals surface area contributed by atoms with Crippen molar-refractivity contribution in [2.45, 2.75) is 19.0 Å². The van der Waals surface area contributed by atoms with Crippen LogP contribution in [-0.4, -0.2) is 16.8 Å². The van der Waals surface area contributed by atoms with Crippen molar-refractivity contribution in [3.05, 3.63) is 95.3 Å². The van der Waals surface area contributed by atoms with Gasteiger partial charge in [0.05, 0.1) is 23.7 Å². The normalized spacial score (nSPS) is 15.3. The number of para-hydroxylation sites is 1. The zero-order valence-corrected chi connectivity index (χ0v) is 15.3. The zero-order valence-electron chi connectivity index (χ0n) is 15.3. The van der Waals surface area contributed by atoms with Crippen LogP contribution in [0.2, 0.25) is 0 Å². The van der Waals surface area contributed by atoms with Crippen LogP contribution in [0.5, 0.6) is 0 Å². The van der Waals surface area contributed by atoms with Gasteiger partial charge in [0, 0.05) is 24.0 Å². The fraction of sp³-hybridized carbons (Fsp3) is 0.136. The van der Waals surface area contributed by atoms with Gasteiger partial charge in [-0.25, -0.2) is 8.78 Å². The number of amides is 2. The molecule has 0 radical (unpaired) electrons. The quantitative estimate of drug-likeness (QED) is 0.718. The predicted molar refractivity (Wildman–Crippen MR) is 103 cm³/mol. The van der Waals surface area contributed by atoms with Gasteiger partial charge in [0.1, 0.15) is 11.6 Å². The summed E-state index contributed by atoms with van der Waals surface area (Å²) in [5, 5.41) is 2.60. The minimum atomic E-state index is -0.597. The first kappa shape index (κ1) is 18.7. The van der Waals surface area contributed by atoms with Crippen LogP contribution in [0.3, 0.4) is 0 Å². The summed E-state index contributed by atoms with van der Waals surface area (Å²) in [6.45, 7) is -0.149. The van der Waals surface area contributed by atoms with Gasteiger partial charge in [0.2, 0.25) is 5.91 Å². The molecule has 2 aromatic carbocycles. The molecule has 1 aromatic heterocycles. The summed E-state index contributed by atoms with van der Waals surface area (Å²) in [6.07, 6.45) is 1.52. The number of hydrogen-bond acceptors (Lipinski definition) is 3. The molecule has 3 aromatic rings. The Morgan fingerprint density at radius 3 is 2.66 bits per heavy atom. The number of aromatic nitrogens is 1. The minimum Gasteiger partial charge on any atom is -0.352 e. The third kappa shape index (κ3) is 3.71. The van der Waals surface area contributed by atoms with Crippen LogP contribution in [0.15, 0.2) is 66.9 Å². The second kappa shape index (κ2) is 7.79. The first-order valence-corrected chi connectivity index (χ1v) is 9.09. The Morgan fingerprint density at radius 2 is 1.86 bits per heavy atom. The van der Waals surface area contributed by atoms with Crippen molar-refractivity contribution in [3.8, 4) is 0 Å². The van der Waals surface area contributed by atoms with Gasteiger partial charge in [-0.3, -0.25) is 19.5 Å². The van der Waals surface area contributed by atoms with Crippen LogP contribution in [0.4, 0.5) is 14.5 Å². The molecule has 0 unspecified atom stereocenters. The van der Waals surface area contributed by atoms with E-state index in [4.69, 9.17) is 0 Å². The van der Waals surface area contributed by atoms with E-state index in [1.54, 1.807) is 35.4 Å². The molecule has 0 spiro atoms. The number of nitrogens with zero attached hydrogens (tertiary/aromatic N) is 2. The van der Waals surface area contributed by atoms with Gasteiger partial charge >= 0.3 is 0 Å². The first-order valence-electron chi connectivity index (χ1n) is 9.09. The lowest BCUT2D eigenvalue weighted by molar-refractivity contribution is -0.121. The molecular weight excluding hydrogens is 376 g/mol. The minimum absolute atomic E-state index is 0.0540. The highest BCUT2D eigenvalue weighted by molar-refractivity contribution is 6.11. The molecule has 1 aliphatic rings. The molecule has 29 heavy (non-hydrogen) atoms. The van der Waals surface area contributed by atoms with Crippen molar-refractivity contribution < 1.29 is 18.4 Å². The Morgan fingerprint density at radius 1 is 1.07 bits per heavy atom. The Kier molecular flexibility index (Phi) is 5.03. The highest BCUT2D eigenvalue weighted by atomic mass is 19.1. The molecule has 5 nitrogen and oxygen atoms in total. The van der Waals surface area contributed by atoms with Gasteiger partial charge in [-0.05, 0) is 42.5 Å². The Balaban J connectivity index is 1.55. The van der Waals surface area contributed by atoms with E-state index < -0.39 is 23.6 Å². The lowest BCUT2D eigenvalue weighted by Gasteiger charge is -2.24. The third-order valence-electron chi connectivity index (χ3n) is 4.81. The topological polar surface area (TPSA) is 62.3 Å². The lowest BCUT2D eigenvalue weighted by Crippen LogP contribution is -2.33. The number of fused-ring (bicyclic) bond motifs is 1. The summed E-state index contributed by atoms with van der Waals surface area (Å²) in [6, 6.07) is 14.9. The monoisotopic (exact) mass is 393 g/mol. The molecular formula is C22H17F2N3O2. The van der Waals surface area contributed by atoms with Gasteiger partial charge in [0.15, 0.2) is 0 Å². The van der Waals surface area contributed by atoms with Gasteiger partial charge in [0.25, 0.3) is 5.91 Å². The highest BCUT2D eigenvalue weighted by Crippen LogP contribution is 2.38. The molecule has 0 aliphatic carbocycles. The predicted octanol–water partition coefficient (Wildman–Crippen LogP) is 3.77. The van der Waals surface area contributed by atoms with Crippen LogP contribution in [0.25, 0.3) is 0 Å². The number of pyridine rings is 1. The Hall–Kier alpha value is -3.61. The number of anilines is 1. The zero-order chi connectivity index (χ0) is 20.4. The largest absolute Gasteiger partial charge is 0.352 e. The summed E-state index contributed by atoms with van der Waals surface area (Å²) in [5.74, 6) is -1.80. The number of carbonyl (C=O) groups excluding carboxylic acids is 2. The number of halogens is 2. The van der Waals surface area contributed by atoms with Crippen molar-refractivity contribution in [1.82, 2.24) is 10.3 Å². The van der Waals surface area contributed by atoms with E-state index in [1.165, 1.54) is 0 Å². The van der Waals surface area contributed by atoms with E-state index in [0.717, 1.165) is 18.2 Å². The van der Waals surface area contributed by atoms with Gasteiger partial charge in [-0.2, -0.15) is 0 Å². The van der Waals surface area contributed by atoms with Crippen molar-refractivity contribution >= 4 is 17.5 Å². The fourth-order valence-electron chi connectivity index (χ4n) is 3.45. The molecule has 7 heteroatoms. The second-order valence-corrected chi connectivity index (χ2v) is 6.68. The second-order valence-electron chi connectivity index (χ2n) is 6.68. The average molecular weight is 393 g/mol.